The van der Waals surface area contributed by atoms with Crippen molar-refractivity contribution in [2.75, 3.05) is 31.1 Å². The Morgan fingerprint density at radius 3 is 2.75 bits per heavy atom. The Morgan fingerprint density at radius 2 is 2.19 bits per heavy atom. The van der Waals surface area contributed by atoms with Gasteiger partial charge in [-0.25, -0.2) is 0 Å². The molecule has 1 fully saturated rings. The molecule has 0 bridgehead atoms. The monoisotopic (exact) mass is 260 g/mol. The van der Waals surface area contributed by atoms with Crippen molar-refractivity contribution in [1.82, 2.24) is 13.6 Å². The summed E-state index contributed by atoms with van der Waals surface area (Å²) in [4.78, 5) is 4.74. The fourth-order valence-electron chi connectivity index (χ4n) is 2.33. The topological polar surface area (TPSA) is 32.3 Å². The van der Waals surface area contributed by atoms with Crippen molar-refractivity contribution in [1.29, 1.82) is 0 Å². The normalized spacial score (nSPS) is 21.0. The number of likely N-dealkylation sites (N-methyl/N-ethyl adjacent to an activating group) is 1. The van der Waals surface area contributed by atoms with Crippen molar-refractivity contribution >= 4 is 29.1 Å². The van der Waals surface area contributed by atoms with Crippen LogP contribution in [-0.4, -0.2) is 45.9 Å². The molecule has 1 aromatic heterocycles. The molecule has 0 amide bonds. The van der Waals surface area contributed by atoms with Gasteiger partial charge in [0.25, 0.3) is 0 Å². The van der Waals surface area contributed by atoms with Crippen LogP contribution in [0.2, 0.25) is 5.15 Å². The van der Waals surface area contributed by atoms with Crippen LogP contribution in [0.1, 0.15) is 20.3 Å². The summed E-state index contributed by atoms with van der Waals surface area (Å²) in [6.07, 6.45) is 1.19. The predicted molar refractivity (Wildman–Crippen MR) is 68.5 cm³/mol. The number of rotatable bonds is 4. The van der Waals surface area contributed by atoms with Gasteiger partial charge < -0.3 is 4.90 Å². The SMILES string of the molecule is CCN(CC)C1CCN(c2nsnc2Cl)C1. The maximum Gasteiger partial charge on any atom is 0.187 e. The van der Waals surface area contributed by atoms with Crippen LogP contribution in [0.15, 0.2) is 0 Å². The number of anilines is 1. The van der Waals surface area contributed by atoms with Gasteiger partial charge in [-0.3, -0.25) is 4.90 Å². The lowest BCUT2D eigenvalue weighted by Crippen LogP contribution is -2.37. The van der Waals surface area contributed by atoms with Crippen molar-refractivity contribution in [3.05, 3.63) is 5.15 Å². The minimum atomic E-state index is 0.546. The lowest BCUT2D eigenvalue weighted by molar-refractivity contribution is 0.232. The highest BCUT2D eigenvalue weighted by Gasteiger charge is 2.28. The first-order valence-electron chi connectivity index (χ1n) is 5.73. The van der Waals surface area contributed by atoms with Crippen LogP contribution in [0, 0.1) is 0 Å². The molecule has 16 heavy (non-hydrogen) atoms. The van der Waals surface area contributed by atoms with E-state index in [0.29, 0.717) is 11.2 Å². The van der Waals surface area contributed by atoms with Crippen LogP contribution in [0.5, 0.6) is 0 Å². The van der Waals surface area contributed by atoms with E-state index in [4.69, 9.17) is 11.6 Å². The lowest BCUT2D eigenvalue weighted by atomic mass is 10.2. The molecular formula is C10H17ClN4S. The molecule has 0 N–H and O–H groups in total. The summed E-state index contributed by atoms with van der Waals surface area (Å²) in [5.41, 5.74) is 0. The first-order valence-corrected chi connectivity index (χ1v) is 6.84. The van der Waals surface area contributed by atoms with Crippen molar-refractivity contribution in [3.8, 4) is 0 Å². The van der Waals surface area contributed by atoms with E-state index >= 15 is 0 Å². The second kappa shape index (κ2) is 5.29. The van der Waals surface area contributed by atoms with Gasteiger partial charge >= 0.3 is 0 Å². The van der Waals surface area contributed by atoms with E-state index < -0.39 is 0 Å². The quantitative estimate of drug-likeness (QED) is 0.830. The molecule has 1 aliphatic heterocycles. The second-order valence-corrected chi connectivity index (χ2v) is 4.87. The number of aromatic nitrogens is 2. The third kappa shape index (κ3) is 2.31. The fourth-order valence-corrected chi connectivity index (χ4v) is 3.11. The summed E-state index contributed by atoms with van der Waals surface area (Å²) < 4.78 is 8.26. The minimum absolute atomic E-state index is 0.546. The zero-order valence-corrected chi connectivity index (χ0v) is 11.3. The predicted octanol–water partition coefficient (Wildman–Crippen LogP) is 2.11. The van der Waals surface area contributed by atoms with Gasteiger partial charge in [0.1, 0.15) is 0 Å². The summed E-state index contributed by atoms with van der Waals surface area (Å²) in [6, 6.07) is 0.632. The Kier molecular flexibility index (Phi) is 4.00. The molecule has 2 heterocycles. The molecule has 0 aliphatic carbocycles. The molecule has 0 aromatic carbocycles. The number of halogens is 1. The number of hydrogen-bond acceptors (Lipinski definition) is 5. The van der Waals surface area contributed by atoms with Gasteiger partial charge in [0.15, 0.2) is 11.0 Å². The van der Waals surface area contributed by atoms with E-state index in [-0.39, 0.29) is 0 Å². The highest BCUT2D eigenvalue weighted by Crippen LogP contribution is 2.27. The van der Waals surface area contributed by atoms with Gasteiger partial charge in [-0.1, -0.05) is 25.4 Å². The van der Waals surface area contributed by atoms with Gasteiger partial charge in [-0.2, -0.15) is 8.75 Å². The Hall–Kier alpha value is -0.390. The molecule has 1 aliphatic rings. The molecule has 1 aromatic rings. The van der Waals surface area contributed by atoms with Crippen molar-refractivity contribution in [2.45, 2.75) is 26.3 Å². The fraction of sp³-hybridized carbons (Fsp3) is 0.800. The Bertz CT molecular complexity index is 339. The van der Waals surface area contributed by atoms with E-state index in [1.165, 1.54) is 18.1 Å². The van der Waals surface area contributed by atoms with Crippen molar-refractivity contribution < 1.29 is 0 Å². The molecule has 1 unspecified atom stereocenters. The van der Waals surface area contributed by atoms with Crippen LogP contribution in [0.3, 0.4) is 0 Å². The second-order valence-electron chi connectivity index (χ2n) is 3.99. The summed E-state index contributed by atoms with van der Waals surface area (Å²) in [6.45, 7) is 8.70. The largest absolute Gasteiger partial charge is 0.352 e. The van der Waals surface area contributed by atoms with Crippen LogP contribution in [0.25, 0.3) is 0 Å². The first kappa shape index (κ1) is 12.1. The smallest absolute Gasteiger partial charge is 0.187 e. The maximum atomic E-state index is 6.00. The van der Waals surface area contributed by atoms with E-state index in [1.807, 2.05) is 0 Å². The summed E-state index contributed by atoms with van der Waals surface area (Å²) in [5, 5.41) is 0.546. The van der Waals surface area contributed by atoms with Gasteiger partial charge in [0, 0.05) is 19.1 Å². The molecule has 0 radical (unpaired) electrons. The van der Waals surface area contributed by atoms with Crippen molar-refractivity contribution in [3.63, 3.8) is 0 Å². The Balaban J connectivity index is 2.00. The third-order valence-corrected chi connectivity index (χ3v) is 4.10. The molecule has 1 saturated heterocycles. The zero-order chi connectivity index (χ0) is 11.5. The van der Waals surface area contributed by atoms with E-state index in [2.05, 4.69) is 32.4 Å². The van der Waals surface area contributed by atoms with Gasteiger partial charge in [-0.15, -0.1) is 0 Å². The first-order chi connectivity index (χ1) is 7.76. The van der Waals surface area contributed by atoms with E-state index in [0.717, 1.165) is 32.0 Å². The van der Waals surface area contributed by atoms with Gasteiger partial charge in [-0.05, 0) is 19.5 Å². The molecule has 6 heteroatoms. The number of hydrogen-bond donors (Lipinski definition) is 0. The lowest BCUT2D eigenvalue weighted by Gasteiger charge is -2.26. The number of nitrogens with zero attached hydrogens (tertiary/aromatic N) is 4. The molecule has 0 saturated carbocycles. The maximum absolute atomic E-state index is 6.00. The third-order valence-electron chi connectivity index (χ3n) is 3.22. The molecule has 4 nitrogen and oxygen atoms in total. The molecule has 2 rings (SSSR count). The van der Waals surface area contributed by atoms with Crippen molar-refractivity contribution in [2.24, 2.45) is 0 Å². The zero-order valence-electron chi connectivity index (χ0n) is 9.69. The van der Waals surface area contributed by atoms with Gasteiger partial charge in [0.2, 0.25) is 0 Å². The minimum Gasteiger partial charge on any atom is -0.352 e. The Labute approximate surface area is 106 Å². The molecule has 0 spiro atoms. The summed E-state index contributed by atoms with van der Waals surface area (Å²) in [7, 11) is 0. The standard InChI is InChI=1S/C10H17ClN4S/c1-3-14(4-2)8-5-6-15(7-8)10-9(11)12-16-13-10/h8H,3-7H2,1-2H3. The van der Waals surface area contributed by atoms with Crippen LogP contribution >= 0.6 is 23.3 Å². The Morgan fingerprint density at radius 1 is 1.44 bits per heavy atom. The van der Waals surface area contributed by atoms with Crippen LogP contribution in [0.4, 0.5) is 5.82 Å². The average molecular weight is 261 g/mol. The van der Waals surface area contributed by atoms with E-state index in [9.17, 15) is 0 Å². The highest BCUT2D eigenvalue weighted by atomic mass is 35.5. The van der Waals surface area contributed by atoms with Crippen LogP contribution < -0.4 is 4.90 Å². The van der Waals surface area contributed by atoms with Crippen LogP contribution in [-0.2, 0) is 0 Å². The summed E-state index contributed by atoms with van der Waals surface area (Å²) in [5.74, 6) is 0.862. The average Bonchev–Trinajstić information content (AvgIpc) is 2.89. The molecule has 1 atom stereocenters. The molecule has 90 valence electrons. The molecular weight excluding hydrogens is 244 g/mol. The van der Waals surface area contributed by atoms with Gasteiger partial charge in [0.05, 0.1) is 11.7 Å². The highest BCUT2D eigenvalue weighted by molar-refractivity contribution is 6.99. The summed E-state index contributed by atoms with van der Waals surface area (Å²) >= 11 is 7.18. The van der Waals surface area contributed by atoms with E-state index in [1.54, 1.807) is 0 Å².